The number of benzene rings is 1. The summed E-state index contributed by atoms with van der Waals surface area (Å²) >= 11 is 5.85. The van der Waals surface area contributed by atoms with E-state index in [-0.39, 0.29) is 25.1 Å². The maximum atomic E-state index is 12.0. The Morgan fingerprint density at radius 1 is 1.38 bits per heavy atom. The maximum absolute atomic E-state index is 12.0. The summed E-state index contributed by atoms with van der Waals surface area (Å²) in [7, 11) is 0. The number of amides is 2. The number of aliphatic carboxylic acids is 1. The molecule has 2 rings (SSSR count). The van der Waals surface area contributed by atoms with Gasteiger partial charge >= 0.3 is 12.0 Å². The minimum Gasteiger partial charge on any atom is -0.481 e. The SMILES string of the molecule is O=C(O)CCNC(=O)N1CCOC(c2ccc(Cl)cc2)C1. The molecular weight excluding hydrogens is 296 g/mol. The first-order valence-corrected chi connectivity index (χ1v) is 7.05. The Kier molecular flexibility index (Phi) is 5.41. The van der Waals surface area contributed by atoms with Crippen molar-refractivity contribution >= 4 is 23.6 Å². The average Bonchev–Trinajstić information content (AvgIpc) is 2.47. The number of carbonyl (C=O) groups is 2. The average molecular weight is 313 g/mol. The summed E-state index contributed by atoms with van der Waals surface area (Å²) in [6, 6.07) is 7.05. The molecule has 0 aliphatic carbocycles. The highest BCUT2D eigenvalue weighted by Crippen LogP contribution is 2.23. The van der Waals surface area contributed by atoms with Crippen molar-refractivity contribution in [3.05, 3.63) is 34.9 Å². The lowest BCUT2D eigenvalue weighted by Crippen LogP contribution is -2.47. The number of morpholine rings is 1. The second-order valence-electron chi connectivity index (χ2n) is 4.73. The molecule has 0 saturated carbocycles. The third kappa shape index (κ3) is 4.61. The Labute approximate surface area is 127 Å². The number of urea groups is 1. The molecule has 1 aliphatic rings. The Morgan fingerprint density at radius 2 is 2.10 bits per heavy atom. The number of carboxylic acids is 1. The van der Waals surface area contributed by atoms with Crippen molar-refractivity contribution in [3.8, 4) is 0 Å². The first-order chi connectivity index (χ1) is 10.1. The van der Waals surface area contributed by atoms with Gasteiger partial charge in [0.1, 0.15) is 6.10 Å². The van der Waals surface area contributed by atoms with Crippen LogP contribution in [-0.2, 0) is 9.53 Å². The molecule has 1 aromatic carbocycles. The molecular formula is C14H17ClN2O4. The Morgan fingerprint density at radius 3 is 2.76 bits per heavy atom. The number of carbonyl (C=O) groups excluding carboxylic acids is 1. The van der Waals surface area contributed by atoms with Crippen LogP contribution in [0.25, 0.3) is 0 Å². The van der Waals surface area contributed by atoms with Gasteiger partial charge in [-0.05, 0) is 17.7 Å². The Hall–Kier alpha value is -1.79. The van der Waals surface area contributed by atoms with Crippen molar-refractivity contribution < 1.29 is 19.4 Å². The zero-order valence-corrected chi connectivity index (χ0v) is 12.2. The molecule has 114 valence electrons. The smallest absolute Gasteiger partial charge is 0.317 e. The molecule has 0 spiro atoms. The summed E-state index contributed by atoms with van der Waals surface area (Å²) in [5.41, 5.74) is 0.961. The quantitative estimate of drug-likeness (QED) is 0.890. The lowest BCUT2D eigenvalue weighted by atomic mass is 10.1. The highest BCUT2D eigenvalue weighted by molar-refractivity contribution is 6.30. The van der Waals surface area contributed by atoms with E-state index in [1.807, 2.05) is 12.1 Å². The third-order valence-electron chi connectivity index (χ3n) is 3.21. The summed E-state index contributed by atoms with van der Waals surface area (Å²) in [4.78, 5) is 24.0. The van der Waals surface area contributed by atoms with Gasteiger partial charge in [0, 0.05) is 18.1 Å². The number of halogens is 1. The first-order valence-electron chi connectivity index (χ1n) is 6.68. The molecule has 0 bridgehead atoms. The van der Waals surface area contributed by atoms with Crippen molar-refractivity contribution in [3.63, 3.8) is 0 Å². The van der Waals surface area contributed by atoms with Crippen LogP contribution >= 0.6 is 11.6 Å². The molecule has 7 heteroatoms. The normalized spacial score (nSPS) is 18.3. The lowest BCUT2D eigenvalue weighted by molar-refractivity contribution is -0.136. The molecule has 1 heterocycles. The van der Waals surface area contributed by atoms with Crippen molar-refractivity contribution in [2.45, 2.75) is 12.5 Å². The highest BCUT2D eigenvalue weighted by Gasteiger charge is 2.25. The van der Waals surface area contributed by atoms with Crippen molar-refractivity contribution in [1.29, 1.82) is 0 Å². The van der Waals surface area contributed by atoms with Gasteiger partial charge in [0.05, 0.1) is 19.6 Å². The summed E-state index contributed by atoms with van der Waals surface area (Å²) < 4.78 is 5.67. The summed E-state index contributed by atoms with van der Waals surface area (Å²) in [6.07, 6.45) is -0.280. The molecule has 6 nitrogen and oxygen atoms in total. The minimum absolute atomic E-state index is 0.0866. The monoisotopic (exact) mass is 312 g/mol. The zero-order chi connectivity index (χ0) is 15.2. The van der Waals surface area contributed by atoms with E-state index in [9.17, 15) is 9.59 Å². The summed E-state index contributed by atoms with van der Waals surface area (Å²) in [5.74, 6) is -0.934. The second kappa shape index (κ2) is 7.28. The predicted molar refractivity (Wildman–Crippen MR) is 77.4 cm³/mol. The van der Waals surface area contributed by atoms with E-state index in [2.05, 4.69) is 5.32 Å². The van der Waals surface area contributed by atoms with Crippen LogP contribution in [0.5, 0.6) is 0 Å². The van der Waals surface area contributed by atoms with Gasteiger partial charge in [-0.3, -0.25) is 4.79 Å². The second-order valence-corrected chi connectivity index (χ2v) is 5.17. The molecule has 1 atom stereocenters. The van der Waals surface area contributed by atoms with Crippen LogP contribution < -0.4 is 5.32 Å². The number of ether oxygens (including phenoxy) is 1. The molecule has 0 aromatic heterocycles. The number of hydrogen-bond donors (Lipinski definition) is 2. The highest BCUT2D eigenvalue weighted by atomic mass is 35.5. The molecule has 1 saturated heterocycles. The van der Waals surface area contributed by atoms with Gasteiger partial charge in [0.15, 0.2) is 0 Å². The van der Waals surface area contributed by atoms with Gasteiger partial charge in [-0.1, -0.05) is 23.7 Å². The van der Waals surface area contributed by atoms with Gasteiger partial charge in [-0.2, -0.15) is 0 Å². The van der Waals surface area contributed by atoms with Crippen LogP contribution in [0.4, 0.5) is 4.79 Å². The van der Waals surface area contributed by atoms with Crippen molar-refractivity contribution in [2.24, 2.45) is 0 Å². The van der Waals surface area contributed by atoms with Crippen molar-refractivity contribution in [1.82, 2.24) is 10.2 Å². The topological polar surface area (TPSA) is 78.9 Å². The number of nitrogens with zero attached hydrogens (tertiary/aromatic N) is 1. The fourth-order valence-electron chi connectivity index (χ4n) is 2.10. The summed E-state index contributed by atoms with van der Waals surface area (Å²) in [6.45, 7) is 1.49. The summed E-state index contributed by atoms with van der Waals surface area (Å²) in [5, 5.41) is 11.8. The largest absolute Gasteiger partial charge is 0.481 e. The van der Waals surface area contributed by atoms with Gasteiger partial charge in [-0.25, -0.2) is 4.79 Å². The van der Waals surface area contributed by atoms with E-state index in [1.54, 1.807) is 17.0 Å². The van der Waals surface area contributed by atoms with Crippen LogP contribution in [0.1, 0.15) is 18.1 Å². The van der Waals surface area contributed by atoms with E-state index in [0.29, 0.717) is 24.7 Å². The van der Waals surface area contributed by atoms with Crippen LogP contribution in [-0.4, -0.2) is 48.2 Å². The fourth-order valence-corrected chi connectivity index (χ4v) is 2.23. The molecule has 1 aromatic rings. The first kappa shape index (κ1) is 15.6. The lowest BCUT2D eigenvalue weighted by Gasteiger charge is -2.33. The molecule has 2 amide bonds. The van der Waals surface area contributed by atoms with E-state index in [1.165, 1.54) is 0 Å². The predicted octanol–water partition coefficient (Wildman–Crippen LogP) is 1.90. The van der Waals surface area contributed by atoms with Crippen LogP contribution in [0.3, 0.4) is 0 Å². The van der Waals surface area contributed by atoms with Gasteiger partial charge in [0.2, 0.25) is 0 Å². The minimum atomic E-state index is -0.934. The van der Waals surface area contributed by atoms with Crippen LogP contribution in [0, 0.1) is 0 Å². The Balaban J connectivity index is 1.89. The van der Waals surface area contributed by atoms with E-state index in [0.717, 1.165) is 5.56 Å². The molecule has 1 fully saturated rings. The molecule has 2 N–H and O–H groups in total. The zero-order valence-electron chi connectivity index (χ0n) is 11.4. The number of carboxylic acid groups (broad SMARTS) is 1. The van der Waals surface area contributed by atoms with Gasteiger partial charge < -0.3 is 20.1 Å². The van der Waals surface area contributed by atoms with E-state index in [4.69, 9.17) is 21.4 Å². The van der Waals surface area contributed by atoms with Gasteiger partial charge in [-0.15, -0.1) is 0 Å². The van der Waals surface area contributed by atoms with Crippen LogP contribution in [0.2, 0.25) is 5.02 Å². The molecule has 21 heavy (non-hydrogen) atoms. The maximum Gasteiger partial charge on any atom is 0.317 e. The Bertz CT molecular complexity index is 506. The third-order valence-corrected chi connectivity index (χ3v) is 3.46. The van der Waals surface area contributed by atoms with E-state index >= 15 is 0 Å². The molecule has 1 unspecified atom stereocenters. The van der Waals surface area contributed by atoms with Gasteiger partial charge in [0.25, 0.3) is 0 Å². The molecule has 1 aliphatic heterocycles. The standard InChI is InChI=1S/C14H17ClN2O4/c15-11-3-1-10(2-4-11)12-9-17(7-8-21-12)14(20)16-6-5-13(18)19/h1-4,12H,5-9H2,(H,16,20)(H,18,19). The number of hydrogen-bond acceptors (Lipinski definition) is 3. The van der Waals surface area contributed by atoms with Crippen molar-refractivity contribution in [2.75, 3.05) is 26.2 Å². The number of rotatable bonds is 4. The number of nitrogens with one attached hydrogen (secondary N) is 1. The molecule has 0 radical (unpaired) electrons. The van der Waals surface area contributed by atoms with Crippen LogP contribution in [0.15, 0.2) is 24.3 Å². The van der Waals surface area contributed by atoms with E-state index < -0.39 is 5.97 Å². The fraction of sp³-hybridized carbons (Fsp3) is 0.429.